The Balaban J connectivity index is 2.37. The van der Waals surface area contributed by atoms with Crippen LogP contribution < -0.4 is 27.8 Å². The number of carbonyl (C=O) groups is 3. The van der Waals surface area contributed by atoms with Gasteiger partial charge in [0.2, 0.25) is 5.91 Å². The molecule has 0 aromatic heterocycles. The first-order chi connectivity index (χ1) is 17.0. The van der Waals surface area contributed by atoms with E-state index in [-0.39, 0.29) is 6.54 Å². The van der Waals surface area contributed by atoms with E-state index in [1.54, 1.807) is 84.0 Å². The van der Waals surface area contributed by atoms with Crippen molar-refractivity contribution in [3.63, 3.8) is 0 Å². The molecule has 10 heteroatoms. The second kappa shape index (κ2) is 11.5. The maximum Gasteiger partial charge on any atom is 0.408 e. The van der Waals surface area contributed by atoms with Crippen LogP contribution in [-0.4, -0.2) is 29.1 Å². The van der Waals surface area contributed by atoms with Crippen LogP contribution in [0.5, 0.6) is 0 Å². The maximum absolute atomic E-state index is 13.7. The highest BCUT2D eigenvalue weighted by molar-refractivity contribution is 5.93. The summed E-state index contributed by atoms with van der Waals surface area (Å²) in [6, 6.07) is 13.6. The molecule has 2 aromatic carbocycles. The number of carbonyl (C=O) groups excluding carboxylic acids is 3. The normalized spacial score (nSPS) is 14.1. The van der Waals surface area contributed by atoms with E-state index in [4.69, 9.17) is 26.7 Å². The maximum atomic E-state index is 13.7. The second-order valence-corrected chi connectivity index (χ2v) is 11.0. The van der Waals surface area contributed by atoms with Crippen molar-refractivity contribution in [2.24, 2.45) is 11.1 Å². The fraction of sp³-hybridized carbons (Fsp3) is 0.444. The van der Waals surface area contributed by atoms with Gasteiger partial charge in [0.05, 0.1) is 6.42 Å². The third-order valence-electron chi connectivity index (χ3n) is 5.68. The first-order valence-corrected chi connectivity index (χ1v) is 12.0. The Hall–Kier alpha value is -3.79. The zero-order valence-corrected chi connectivity index (χ0v) is 22.4. The molecule has 0 aliphatic heterocycles. The van der Waals surface area contributed by atoms with Crippen molar-refractivity contribution >= 4 is 29.3 Å². The van der Waals surface area contributed by atoms with Crippen molar-refractivity contribution in [1.82, 2.24) is 10.6 Å². The van der Waals surface area contributed by atoms with E-state index in [1.807, 2.05) is 6.07 Å². The predicted octanol–water partition coefficient (Wildman–Crippen LogP) is 3.37. The lowest BCUT2D eigenvalue weighted by molar-refractivity contribution is -0.165. The molecule has 2 aromatic rings. The molecule has 2 atom stereocenters. The van der Waals surface area contributed by atoms with Crippen LogP contribution in [-0.2, 0) is 25.6 Å². The third-order valence-corrected chi connectivity index (χ3v) is 5.68. The van der Waals surface area contributed by atoms with Crippen LogP contribution in [0.15, 0.2) is 48.5 Å². The van der Waals surface area contributed by atoms with E-state index < -0.39 is 47.2 Å². The molecule has 202 valence electrons. The monoisotopic (exact) mass is 513 g/mol. The number of benzene rings is 2. The molecule has 2 rings (SSSR count). The lowest BCUT2D eigenvalue weighted by Gasteiger charge is -2.43. The number of amides is 2. The number of hydrogen-bond acceptors (Lipinski definition) is 8. The molecule has 0 aliphatic carbocycles. The Kier molecular flexibility index (Phi) is 9.16. The highest BCUT2D eigenvalue weighted by atomic mass is 16.6. The fourth-order valence-corrected chi connectivity index (χ4v) is 3.63. The molecule has 0 saturated carbocycles. The van der Waals surface area contributed by atoms with Gasteiger partial charge in [-0.05, 0) is 56.0 Å². The molecule has 10 nitrogen and oxygen atoms in total. The van der Waals surface area contributed by atoms with Crippen molar-refractivity contribution < 1.29 is 23.9 Å². The van der Waals surface area contributed by atoms with Crippen molar-refractivity contribution in [3.8, 4) is 0 Å². The summed E-state index contributed by atoms with van der Waals surface area (Å²) in [4.78, 5) is 39.8. The van der Waals surface area contributed by atoms with Gasteiger partial charge in [-0.2, -0.15) is 0 Å². The number of rotatable bonds is 8. The molecule has 2 amide bonds. The molecular weight excluding hydrogens is 474 g/mol. The standard InChI is InChI=1S/C27H39N5O5/c1-25(2,3)27(32-24(35)37-26(4,5)6,15-21(33)31-16-17-9-7-11-19(28)13-17)23(34)36-22(30)18-10-8-12-20(29)14-18/h7-14,22H,15-16,28-30H2,1-6H3,(H,31,33)(H,32,35)/t22?,27-/m0/s1. The number of nitrogens with two attached hydrogens (primary N) is 3. The largest absolute Gasteiger partial charge is 0.444 e. The van der Waals surface area contributed by atoms with Crippen LogP contribution in [0.3, 0.4) is 0 Å². The van der Waals surface area contributed by atoms with Gasteiger partial charge in [0.1, 0.15) is 5.60 Å². The van der Waals surface area contributed by atoms with E-state index in [1.165, 1.54) is 0 Å². The van der Waals surface area contributed by atoms with E-state index >= 15 is 0 Å². The minimum atomic E-state index is -1.83. The topological polar surface area (TPSA) is 172 Å². The van der Waals surface area contributed by atoms with Gasteiger partial charge in [0.15, 0.2) is 11.8 Å². The average molecular weight is 514 g/mol. The number of nitrogen functional groups attached to an aromatic ring is 2. The number of hydrogen-bond donors (Lipinski definition) is 5. The molecule has 0 saturated heterocycles. The lowest BCUT2D eigenvalue weighted by atomic mass is 9.71. The summed E-state index contributed by atoms with van der Waals surface area (Å²) >= 11 is 0. The minimum absolute atomic E-state index is 0.175. The van der Waals surface area contributed by atoms with Gasteiger partial charge >= 0.3 is 12.1 Å². The van der Waals surface area contributed by atoms with Crippen molar-refractivity contribution in [3.05, 3.63) is 59.7 Å². The SMILES string of the molecule is CC(C)(C)OC(=O)N[C@@](CC(=O)NCc1cccc(N)c1)(C(=O)OC(N)c1cccc(N)c1)C(C)(C)C. The quantitative estimate of drug-likeness (QED) is 0.203. The Morgan fingerprint density at radius 3 is 2.05 bits per heavy atom. The zero-order chi connectivity index (χ0) is 28.0. The van der Waals surface area contributed by atoms with Crippen molar-refractivity contribution in [2.45, 2.75) is 71.9 Å². The number of anilines is 2. The van der Waals surface area contributed by atoms with E-state index in [9.17, 15) is 14.4 Å². The van der Waals surface area contributed by atoms with Gasteiger partial charge < -0.3 is 31.6 Å². The number of ether oxygens (including phenoxy) is 2. The molecule has 8 N–H and O–H groups in total. The molecule has 0 bridgehead atoms. The zero-order valence-electron chi connectivity index (χ0n) is 22.4. The predicted molar refractivity (Wildman–Crippen MR) is 143 cm³/mol. The molecule has 0 spiro atoms. The van der Waals surface area contributed by atoms with Gasteiger partial charge in [-0.1, -0.05) is 45.0 Å². The number of alkyl carbamates (subject to hydrolysis) is 1. The Labute approximate surface area is 218 Å². The summed E-state index contributed by atoms with van der Waals surface area (Å²) in [6.45, 7) is 10.4. The molecule has 37 heavy (non-hydrogen) atoms. The second-order valence-electron chi connectivity index (χ2n) is 11.0. The highest BCUT2D eigenvalue weighted by Gasteiger charge is 2.53. The first-order valence-electron chi connectivity index (χ1n) is 12.0. The van der Waals surface area contributed by atoms with Crippen LogP contribution in [0.1, 0.15) is 65.3 Å². The Bertz CT molecular complexity index is 1120. The van der Waals surface area contributed by atoms with E-state index in [0.29, 0.717) is 16.9 Å². The molecule has 0 radical (unpaired) electrons. The molecular formula is C27H39N5O5. The molecule has 0 aliphatic rings. The Morgan fingerprint density at radius 2 is 1.51 bits per heavy atom. The van der Waals surface area contributed by atoms with Crippen LogP contribution in [0.4, 0.5) is 16.2 Å². The van der Waals surface area contributed by atoms with E-state index in [0.717, 1.165) is 5.56 Å². The Morgan fingerprint density at radius 1 is 0.919 bits per heavy atom. The average Bonchev–Trinajstić information content (AvgIpc) is 2.75. The number of nitrogens with one attached hydrogen (secondary N) is 2. The summed E-state index contributed by atoms with van der Waals surface area (Å²) in [5.74, 6) is -1.39. The summed E-state index contributed by atoms with van der Waals surface area (Å²) < 4.78 is 11.0. The third kappa shape index (κ3) is 8.38. The van der Waals surface area contributed by atoms with Gasteiger partial charge in [-0.3, -0.25) is 10.5 Å². The highest BCUT2D eigenvalue weighted by Crippen LogP contribution is 2.36. The smallest absolute Gasteiger partial charge is 0.408 e. The first kappa shape index (κ1) is 29.4. The fourth-order valence-electron chi connectivity index (χ4n) is 3.63. The van der Waals surface area contributed by atoms with Crippen LogP contribution >= 0.6 is 0 Å². The molecule has 1 unspecified atom stereocenters. The summed E-state index contributed by atoms with van der Waals surface area (Å²) in [6.07, 6.45) is -2.49. The van der Waals surface area contributed by atoms with Crippen molar-refractivity contribution in [2.75, 3.05) is 11.5 Å². The minimum Gasteiger partial charge on any atom is -0.444 e. The van der Waals surface area contributed by atoms with Gasteiger partial charge in [-0.25, -0.2) is 9.59 Å². The van der Waals surface area contributed by atoms with Gasteiger partial charge in [-0.15, -0.1) is 0 Å². The van der Waals surface area contributed by atoms with Crippen LogP contribution in [0.25, 0.3) is 0 Å². The van der Waals surface area contributed by atoms with Gasteiger partial charge in [0.25, 0.3) is 0 Å². The van der Waals surface area contributed by atoms with Crippen LogP contribution in [0, 0.1) is 5.41 Å². The van der Waals surface area contributed by atoms with Crippen LogP contribution in [0.2, 0.25) is 0 Å². The summed E-state index contributed by atoms with van der Waals surface area (Å²) in [5, 5.41) is 5.42. The summed E-state index contributed by atoms with van der Waals surface area (Å²) in [7, 11) is 0. The number of esters is 1. The van der Waals surface area contributed by atoms with Crippen molar-refractivity contribution in [1.29, 1.82) is 0 Å². The van der Waals surface area contributed by atoms with Gasteiger partial charge in [0, 0.05) is 23.5 Å². The van der Waals surface area contributed by atoms with E-state index in [2.05, 4.69) is 10.6 Å². The molecule has 0 fully saturated rings. The molecule has 0 heterocycles. The summed E-state index contributed by atoms with van der Waals surface area (Å²) in [5.41, 5.74) is 16.4. The lowest BCUT2D eigenvalue weighted by Crippen LogP contribution is -2.65.